The van der Waals surface area contributed by atoms with Gasteiger partial charge in [-0.2, -0.15) is 0 Å². The minimum Gasteiger partial charge on any atom is -0.492 e. The van der Waals surface area contributed by atoms with Crippen LogP contribution in [0.15, 0.2) is 18.2 Å². The van der Waals surface area contributed by atoms with Crippen molar-refractivity contribution in [3.63, 3.8) is 0 Å². The Labute approximate surface area is 151 Å². The second-order valence-corrected chi connectivity index (χ2v) is 7.68. The van der Waals surface area contributed by atoms with Gasteiger partial charge >= 0.3 is 0 Å². The van der Waals surface area contributed by atoms with Crippen LogP contribution in [0.25, 0.3) is 0 Å². The summed E-state index contributed by atoms with van der Waals surface area (Å²) < 4.78 is 11.5. The third-order valence-corrected chi connectivity index (χ3v) is 5.85. The summed E-state index contributed by atoms with van der Waals surface area (Å²) in [6, 6.07) is 7.49. The lowest BCUT2D eigenvalue weighted by atomic mass is 10.0. The van der Waals surface area contributed by atoms with Gasteiger partial charge in [-0.1, -0.05) is 6.07 Å². The summed E-state index contributed by atoms with van der Waals surface area (Å²) in [6.45, 7) is 10.1. The van der Waals surface area contributed by atoms with E-state index in [1.807, 2.05) is 0 Å². The highest BCUT2D eigenvalue weighted by Crippen LogP contribution is 2.28. The molecule has 1 aromatic carbocycles. The van der Waals surface area contributed by atoms with E-state index in [2.05, 4.69) is 39.9 Å². The number of hydrogen-bond acceptors (Lipinski definition) is 5. The highest BCUT2D eigenvalue weighted by atomic mass is 16.5. The van der Waals surface area contributed by atoms with Crippen LogP contribution < -0.4 is 4.74 Å². The fourth-order valence-electron chi connectivity index (χ4n) is 4.26. The largest absolute Gasteiger partial charge is 0.492 e. The second kappa shape index (κ2) is 8.04. The van der Waals surface area contributed by atoms with E-state index in [1.165, 1.54) is 37.1 Å². The average Bonchev–Trinajstić information content (AvgIpc) is 2.85. The summed E-state index contributed by atoms with van der Waals surface area (Å²) in [6.07, 6.45) is 2.55. The van der Waals surface area contributed by atoms with Gasteiger partial charge in [-0.05, 0) is 50.7 Å². The number of hydrogen-bond donors (Lipinski definition) is 0. The fourth-order valence-corrected chi connectivity index (χ4v) is 4.26. The Morgan fingerprint density at radius 2 is 1.80 bits per heavy atom. The standard InChI is InChI=1S/C20H31N3O2/c1-21-6-4-19(5-7-21)23-10-13-25-20-3-2-17(14-18(20)16-23)15-22-8-11-24-12-9-22/h2-3,14,19H,4-13,15-16H2,1H3. The smallest absolute Gasteiger partial charge is 0.123 e. The van der Waals surface area contributed by atoms with Gasteiger partial charge in [0, 0.05) is 44.3 Å². The first kappa shape index (κ1) is 17.3. The Morgan fingerprint density at radius 1 is 1.00 bits per heavy atom. The molecule has 0 N–H and O–H groups in total. The van der Waals surface area contributed by atoms with Gasteiger partial charge < -0.3 is 14.4 Å². The lowest BCUT2D eigenvalue weighted by Gasteiger charge is -2.36. The van der Waals surface area contributed by atoms with E-state index < -0.39 is 0 Å². The Morgan fingerprint density at radius 3 is 2.60 bits per heavy atom. The predicted molar refractivity (Wildman–Crippen MR) is 99.0 cm³/mol. The van der Waals surface area contributed by atoms with Crippen LogP contribution in [0.3, 0.4) is 0 Å². The fraction of sp³-hybridized carbons (Fsp3) is 0.700. The molecule has 1 aromatic rings. The van der Waals surface area contributed by atoms with E-state index >= 15 is 0 Å². The molecule has 2 saturated heterocycles. The van der Waals surface area contributed by atoms with Crippen LogP contribution in [-0.2, 0) is 17.8 Å². The van der Waals surface area contributed by atoms with Crippen LogP contribution in [-0.4, -0.2) is 80.3 Å². The molecule has 0 bridgehead atoms. The lowest BCUT2D eigenvalue weighted by molar-refractivity contribution is 0.0341. The van der Waals surface area contributed by atoms with E-state index in [-0.39, 0.29) is 0 Å². The van der Waals surface area contributed by atoms with Crippen molar-refractivity contribution in [2.45, 2.75) is 32.0 Å². The van der Waals surface area contributed by atoms with Crippen molar-refractivity contribution in [1.29, 1.82) is 0 Å². The molecule has 2 fully saturated rings. The molecule has 5 heteroatoms. The number of likely N-dealkylation sites (tertiary alicyclic amines) is 1. The average molecular weight is 345 g/mol. The maximum Gasteiger partial charge on any atom is 0.123 e. The number of rotatable bonds is 3. The quantitative estimate of drug-likeness (QED) is 0.833. The zero-order valence-electron chi connectivity index (χ0n) is 15.5. The molecule has 0 spiro atoms. The summed E-state index contributed by atoms with van der Waals surface area (Å²) in [7, 11) is 2.23. The lowest BCUT2D eigenvalue weighted by Crippen LogP contribution is -2.44. The summed E-state index contributed by atoms with van der Waals surface area (Å²) in [5.74, 6) is 1.08. The molecule has 0 aromatic heterocycles. The minimum atomic E-state index is 0.702. The number of ether oxygens (including phenoxy) is 2. The van der Waals surface area contributed by atoms with E-state index in [0.717, 1.165) is 58.3 Å². The molecular formula is C20H31N3O2. The van der Waals surface area contributed by atoms with Crippen LogP contribution in [0.5, 0.6) is 5.75 Å². The number of fused-ring (bicyclic) bond motifs is 1. The van der Waals surface area contributed by atoms with Gasteiger partial charge in [0.15, 0.2) is 0 Å². The monoisotopic (exact) mass is 345 g/mol. The van der Waals surface area contributed by atoms with Crippen LogP contribution in [0.1, 0.15) is 24.0 Å². The van der Waals surface area contributed by atoms with E-state index in [4.69, 9.17) is 9.47 Å². The normalized spacial score (nSPS) is 24.5. The molecule has 0 radical (unpaired) electrons. The van der Waals surface area contributed by atoms with Crippen LogP contribution in [0.4, 0.5) is 0 Å². The van der Waals surface area contributed by atoms with Crippen molar-refractivity contribution < 1.29 is 9.47 Å². The number of nitrogens with zero attached hydrogens (tertiary/aromatic N) is 3. The molecule has 0 saturated carbocycles. The molecule has 3 heterocycles. The van der Waals surface area contributed by atoms with Crippen LogP contribution in [0, 0.1) is 0 Å². The van der Waals surface area contributed by atoms with Crippen molar-refractivity contribution in [2.75, 3.05) is 59.6 Å². The summed E-state index contributed by atoms with van der Waals surface area (Å²) >= 11 is 0. The van der Waals surface area contributed by atoms with Crippen LogP contribution >= 0.6 is 0 Å². The summed E-state index contributed by atoms with van der Waals surface area (Å²) in [5, 5.41) is 0. The third-order valence-electron chi connectivity index (χ3n) is 5.85. The molecule has 0 amide bonds. The second-order valence-electron chi connectivity index (χ2n) is 7.68. The van der Waals surface area contributed by atoms with Crippen molar-refractivity contribution in [2.24, 2.45) is 0 Å². The molecule has 3 aliphatic rings. The first-order valence-electron chi connectivity index (χ1n) is 9.75. The maximum atomic E-state index is 6.05. The van der Waals surface area contributed by atoms with Crippen molar-refractivity contribution in [3.05, 3.63) is 29.3 Å². The Kier molecular flexibility index (Phi) is 5.56. The topological polar surface area (TPSA) is 28.2 Å². The van der Waals surface area contributed by atoms with Gasteiger partial charge in [0.25, 0.3) is 0 Å². The number of benzene rings is 1. The van der Waals surface area contributed by atoms with Gasteiger partial charge in [-0.3, -0.25) is 9.80 Å². The molecule has 0 aliphatic carbocycles. The zero-order valence-corrected chi connectivity index (χ0v) is 15.5. The molecular weight excluding hydrogens is 314 g/mol. The molecule has 4 rings (SSSR count). The van der Waals surface area contributed by atoms with Crippen molar-refractivity contribution in [3.8, 4) is 5.75 Å². The van der Waals surface area contributed by atoms with E-state index in [9.17, 15) is 0 Å². The predicted octanol–water partition coefficient (Wildman–Crippen LogP) is 1.81. The Balaban J connectivity index is 1.44. The Hall–Kier alpha value is -1.14. The maximum absolute atomic E-state index is 6.05. The molecule has 0 atom stereocenters. The van der Waals surface area contributed by atoms with Gasteiger partial charge in [-0.25, -0.2) is 0 Å². The number of morpholine rings is 1. The van der Waals surface area contributed by atoms with E-state index in [1.54, 1.807) is 0 Å². The Bertz CT molecular complexity index is 566. The first-order chi connectivity index (χ1) is 12.3. The van der Waals surface area contributed by atoms with E-state index in [0.29, 0.717) is 6.04 Å². The van der Waals surface area contributed by atoms with Crippen molar-refractivity contribution in [1.82, 2.24) is 14.7 Å². The minimum absolute atomic E-state index is 0.702. The molecule has 3 aliphatic heterocycles. The van der Waals surface area contributed by atoms with Gasteiger partial charge in [0.05, 0.1) is 13.2 Å². The summed E-state index contributed by atoms with van der Waals surface area (Å²) in [4.78, 5) is 7.58. The van der Waals surface area contributed by atoms with Gasteiger partial charge in [-0.15, -0.1) is 0 Å². The molecule has 25 heavy (non-hydrogen) atoms. The molecule has 138 valence electrons. The summed E-state index contributed by atoms with van der Waals surface area (Å²) in [5.41, 5.74) is 2.76. The molecule has 5 nitrogen and oxygen atoms in total. The van der Waals surface area contributed by atoms with Crippen LogP contribution in [0.2, 0.25) is 0 Å². The zero-order chi connectivity index (χ0) is 17.1. The van der Waals surface area contributed by atoms with Gasteiger partial charge in [0.1, 0.15) is 12.4 Å². The highest BCUT2D eigenvalue weighted by Gasteiger charge is 2.26. The molecule has 0 unspecified atom stereocenters. The third kappa shape index (κ3) is 4.34. The SMILES string of the molecule is CN1CCC(N2CCOc3ccc(CN4CCOCC4)cc3C2)CC1. The highest BCUT2D eigenvalue weighted by molar-refractivity contribution is 5.38. The number of piperidine rings is 1. The van der Waals surface area contributed by atoms with Gasteiger partial charge in [0.2, 0.25) is 0 Å². The van der Waals surface area contributed by atoms with Crippen molar-refractivity contribution >= 4 is 0 Å². The first-order valence-corrected chi connectivity index (χ1v) is 9.75.